The van der Waals surface area contributed by atoms with Crippen LogP contribution < -0.4 is 10.3 Å². The smallest absolute Gasteiger partial charge is 0.310 e. The zero-order valence-corrected chi connectivity index (χ0v) is 15.2. The highest BCUT2D eigenvalue weighted by molar-refractivity contribution is 7.99. The third-order valence-corrected chi connectivity index (χ3v) is 5.24. The van der Waals surface area contributed by atoms with Crippen LogP contribution in [0.25, 0.3) is 10.9 Å². The van der Waals surface area contributed by atoms with E-state index in [2.05, 4.69) is 4.98 Å². The number of fused-ring (bicyclic) bond motifs is 1. The van der Waals surface area contributed by atoms with Gasteiger partial charge in [0, 0.05) is 17.9 Å². The Bertz CT molecular complexity index is 1060. The lowest BCUT2D eigenvalue weighted by atomic mass is 10.2. The Morgan fingerprint density at radius 2 is 1.93 bits per heavy atom. The Labute approximate surface area is 159 Å². The van der Waals surface area contributed by atoms with E-state index in [-0.39, 0.29) is 29.6 Å². The minimum atomic E-state index is -0.460. The summed E-state index contributed by atoms with van der Waals surface area (Å²) in [5.41, 5.74) is 0.618. The van der Waals surface area contributed by atoms with Crippen molar-refractivity contribution in [2.24, 2.45) is 0 Å². The average molecular weight is 383 g/mol. The van der Waals surface area contributed by atoms with E-state index in [4.69, 9.17) is 4.74 Å². The molecule has 4 rings (SSSR count). The molecule has 1 heterocycles. The van der Waals surface area contributed by atoms with Crippen LogP contribution in [0.1, 0.15) is 18.9 Å². The van der Waals surface area contributed by atoms with Crippen LogP contribution in [0.5, 0.6) is 5.75 Å². The molecular weight excluding hydrogens is 366 g/mol. The number of aromatic nitrogens is 2. The summed E-state index contributed by atoms with van der Waals surface area (Å²) < 4.78 is 7.35. The van der Waals surface area contributed by atoms with Gasteiger partial charge in [-0.2, -0.15) is 0 Å². The lowest BCUT2D eigenvalue weighted by molar-refractivity contribution is -0.385. The second-order valence-electron chi connectivity index (χ2n) is 6.24. The molecule has 138 valence electrons. The summed E-state index contributed by atoms with van der Waals surface area (Å²) in [6.45, 7) is 0.281. The molecule has 27 heavy (non-hydrogen) atoms. The monoisotopic (exact) mass is 383 g/mol. The number of thioether (sulfide) groups is 1. The van der Waals surface area contributed by atoms with Gasteiger partial charge in [0.05, 0.1) is 22.4 Å². The first-order valence-corrected chi connectivity index (χ1v) is 9.64. The molecule has 1 aromatic heterocycles. The van der Waals surface area contributed by atoms with Gasteiger partial charge in [-0.15, -0.1) is 0 Å². The van der Waals surface area contributed by atoms with Crippen molar-refractivity contribution in [3.8, 4) is 5.75 Å². The van der Waals surface area contributed by atoms with Crippen LogP contribution in [-0.4, -0.2) is 26.8 Å². The fourth-order valence-corrected chi connectivity index (χ4v) is 3.78. The molecule has 0 amide bonds. The van der Waals surface area contributed by atoms with Crippen molar-refractivity contribution in [3.63, 3.8) is 0 Å². The van der Waals surface area contributed by atoms with Gasteiger partial charge in [-0.3, -0.25) is 19.5 Å². The number of hydrogen-bond acceptors (Lipinski definition) is 6. The van der Waals surface area contributed by atoms with Crippen molar-refractivity contribution < 1.29 is 9.66 Å². The second-order valence-corrected chi connectivity index (χ2v) is 7.30. The van der Waals surface area contributed by atoms with Gasteiger partial charge in [-0.05, 0) is 31.0 Å². The molecule has 0 aliphatic heterocycles. The number of para-hydroxylation sites is 3. The number of nitrogens with zero attached hydrogens (tertiary/aromatic N) is 3. The Hall–Kier alpha value is -2.87. The molecule has 1 saturated carbocycles. The zero-order valence-electron chi connectivity index (χ0n) is 14.4. The third-order valence-electron chi connectivity index (χ3n) is 4.32. The molecule has 1 fully saturated rings. The molecule has 2 aromatic carbocycles. The molecule has 0 saturated heterocycles. The molecule has 8 heteroatoms. The topological polar surface area (TPSA) is 87.3 Å². The molecule has 3 aromatic rings. The van der Waals surface area contributed by atoms with Crippen molar-refractivity contribution in [1.29, 1.82) is 0 Å². The van der Waals surface area contributed by atoms with Crippen LogP contribution >= 0.6 is 11.8 Å². The standard InChI is InChI=1S/C19H17N3O4S/c23-18-14-5-1-2-6-15(14)20-19(21(18)13-9-10-13)27-12-11-26-17-8-4-3-7-16(17)22(24)25/h1-8,13H,9-12H2. The maximum atomic E-state index is 12.8. The Kier molecular flexibility index (Phi) is 4.81. The zero-order chi connectivity index (χ0) is 18.8. The number of nitro groups is 1. The van der Waals surface area contributed by atoms with Crippen LogP contribution in [0.4, 0.5) is 5.69 Å². The van der Waals surface area contributed by atoms with Gasteiger partial charge in [-0.1, -0.05) is 36.0 Å². The predicted octanol–water partition coefficient (Wildman–Crippen LogP) is 3.81. The van der Waals surface area contributed by atoms with E-state index < -0.39 is 4.92 Å². The third kappa shape index (κ3) is 3.66. The van der Waals surface area contributed by atoms with E-state index in [0.29, 0.717) is 21.8 Å². The summed E-state index contributed by atoms with van der Waals surface area (Å²) in [5, 5.41) is 12.3. The molecule has 7 nitrogen and oxygen atoms in total. The van der Waals surface area contributed by atoms with Crippen LogP contribution in [0.2, 0.25) is 0 Å². The summed E-state index contributed by atoms with van der Waals surface area (Å²) in [4.78, 5) is 28.0. The first kappa shape index (κ1) is 17.5. The van der Waals surface area contributed by atoms with Crippen LogP contribution in [0, 0.1) is 10.1 Å². The summed E-state index contributed by atoms with van der Waals surface area (Å²) >= 11 is 1.43. The second kappa shape index (κ2) is 7.40. The number of ether oxygens (including phenoxy) is 1. The lowest BCUT2D eigenvalue weighted by Crippen LogP contribution is -2.22. The highest BCUT2D eigenvalue weighted by Gasteiger charge is 2.28. The quantitative estimate of drug-likeness (QED) is 0.203. The van der Waals surface area contributed by atoms with Crippen molar-refractivity contribution in [1.82, 2.24) is 9.55 Å². The first-order chi connectivity index (χ1) is 13.1. The molecule has 0 spiro atoms. The van der Waals surface area contributed by atoms with Crippen LogP contribution in [0.3, 0.4) is 0 Å². The molecule has 0 atom stereocenters. The summed E-state index contributed by atoms with van der Waals surface area (Å²) in [6.07, 6.45) is 1.97. The van der Waals surface area contributed by atoms with Crippen molar-refractivity contribution >= 4 is 28.4 Å². The Morgan fingerprint density at radius 1 is 1.19 bits per heavy atom. The number of benzene rings is 2. The van der Waals surface area contributed by atoms with E-state index in [0.717, 1.165) is 12.8 Å². The average Bonchev–Trinajstić information content (AvgIpc) is 3.50. The van der Waals surface area contributed by atoms with Gasteiger partial charge in [0.2, 0.25) is 0 Å². The van der Waals surface area contributed by atoms with Gasteiger partial charge in [0.1, 0.15) is 0 Å². The van der Waals surface area contributed by atoms with E-state index >= 15 is 0 Å². The highest BCUT2D eigenvalue weighted by atomic mass is 32.2. The van der Waals surface area contributed by atoms with Crippen LogP contribution in [0.15, 0.2) is 58.5 Å². The van der Waals surface area contributed by atoms with Gasteiger partial charge in [-0.25, -0.2) is 4.98 Å². The van der Waals surface area contributed by atoms with E-state index in [1.54, 1.807) is 28.8 Å². The van der Waals surface area contributed by atoms with Crippen molar-refractivity contribution in [2.45, 2.75) is 24.0 Å². The number of nitro benzene ring substituents is 1. The van der Waals surface area contributed by atoms with E-state index in [9.17, 15) is 14.9 Å². The fraction of sp³-hybridized carbons (Fsp3) is 0.263. The summed E-state index contributed by atoms with van der Waals surface area (Å²) in [6, 6.07) is 13.9. The van der Waals surface area contributed by atoms with Gasteiger partial charge < -0.3 is 4.74 Å². The number of rotatable bonds is 7. The predicted molar refractivity (Wildman–Crippen MR) is 104 cm³/mol. The van der Waals surface area contributed by atoms with Gasteiger partial charge in [0.25, 0.3) is 5.56 Å². The van der Waals surface area contributed by atoms with Gasteiger partial charge in [0.15, 0.2) is 10.9 Å². The highest BCUT2D eigenvalue weighted by Crippen LogP contribution is 2.36. The molecule has 0 N–H and O–H groups in total. The molecular formula is C19H17N3O4S. The molecule has 0 radical (unpaired) electrons. The van der Waals surface area contributed by atoms with Crippen LogP contribution in [-0.2, 0) is 0 Å². The number of hydrogen-bond donors (Lipinski definition) is 0. The normalized spacial score (nSPS) is 13.6. The van der Waals surface area contributed by atoms with E-state index in [1.807, 2.05) is 18.2 Å². The first-order valence-electron chi connectivity index (χ1n) is 8.65. The van der Waals surface area contributed by atoms with E-state index in [1.165, 1.54) is 17.8 Å². The minimum Gasteiger partial charge on any atom is -0.486 e. The molecule has 0 unspecified atom stereocenters. The maximum Gasteiger partial charge on any atom is 0.310 e. The summed E-state index contributed by atoms with van der Waals surface area (Å²) in [7, 11) is 0. The largest absolute Gasteiger partial charge is 0.486 e. The van der Waals surface area contributed by atoms with Crippen molar-refractivity contribution in [2.75, 3.05) is 12.4 Å². The minimum absolute atomic E-state index is 0.00906. The molecule has 1 aliphatic carbocycles. The molecule has 0 bridgehead atoms. The Balaban J connectivity index is 1.50. The van der Waals surface area contributed by atoms with Crippen molar-refractivity contribution in [3.05, 3.63) is 69.0 Å². The Morgan fingerprint density at radius 3 is 2.70 bits per heavy atom. The fourth-order valence-electron chi connectivity index (χ4n) is 2.90. The lowest BCUT2D eigenvalue weighted by Gasteiger charge is -2.12. The summed E-state index contributed by atoms with van der Waals surface area (Å²) in [5.74, 6) is 0.776. The maximum absolute atomic E-state index is 12.8. The molecule has 1 aliphatic rings. The van der Waals surface area contributed by atoms with Gasteiger partial charge >= 0.3 is 5.69 Å². The SMILES string of the molecule is O=c1c2ccccc2nc(SCCOc2ccccc2[N+](=O)[O-])n1C1CC1.